The van der Waals surface area contributed by atoms with E-state index in [1.54, 1.807) is 17.5 Å². The molecule has 1 heterocycles. The minimum absolute atomic E-state index is 0.0482. The van der Waals surface area contributed by atoms with Gasteiger partial charge in [-0.2, -0.15) is 0 Å². The third-order valence-corrected chi connectivity index (χ3v) is 7.85. The van der Waals surface area contributed by atoms with Gasteiger partial charge in [0.2, 0.25) is 10.0 Å². The Bertz CT molecular complexity index is 844. The molecular formula is C14H16FNO4S3. The van der Waals surface area contributed by atoms with Crippen molar-refractivity contribution in [3.8, 4) is 0 Å². The highest BCUT2D eigenvalue weighted by Gasteiger charge is 2.31. The summed E-state index contributed by atoms with van der Waals surface area (Å²) in [6.07, 6.45) is 0. The maximum Gasteiger partial charge on any atom is 0.211 e. The molecule has 126 valence electrons. The summed E-state index contributed by atoms with van der Waals surface area (Å²) in [6, 6.07) is 7.82. The maximum absolute atomic E-state index is 13.0. The molecule has 0 bridgehead atoms. The summed E-state index contributed by atoms with van der Waals surface area (Å²) in [5, 5.41) is 0.658. The van der Waals surface area contributed by atoms with Crippen LogP contribution in [0.4, 0.5) is 4.39 Å². The SMILES string of the molecule is CCS(=O)(=O)NC[C@H](c1cccs1)S(=O)(=O)c1ccc(F)cc1. The lowest BCUT2D eigenvalue weighted by Gasteiger charge is -2.17. The molecule has 1 atom stereocenters. The van der Waals surface area contributed by atoms with E-state index in [9.17, 15) is 21.2 Å². The number of halogens is 1. The van der Waals surface area contributed by atoms with Crippen LogP contribution in [0.15, 0.2) is 46.7 Å². The lowest BCUT2D eigenvalue weighted by Crippen LogP contribution is -2.32. The maximum atomic E-state index is 13.0. The molecule has 0 amide bonds. The summed E-state index contributed by atoms with van der Waals surface area (Å²) in [7, 11) is -7.38. The number of rotatable bonds is 7. The molecule has 5 nitrogen and oxygen atoms in total. The summed E-state index contributed by atoms with van der Waals surface area (Å²) >= 11 is 1.23. The molecule has 9 heteroatoms. The first-order valence-electron chi connectivity index (χ1n) is 6.76. The Kier molecular flexibility index (Phi) is 5.56. The second kappa shape index (κ2) is 7.08. The van der Waals surface area contributed by atoms with Crippen molar-refractivity contribution in [2.24, 2.45) is 0 Å². The van der Waals surface area contributed by atoms with Crippen molar-refractivity contribution >= 4 is 31.2 Å². The second-order valence-electron chi connectivity index (χ2n) is 4.75. The number of nitrogens with one attached hydrogen (secondary N) is 1. The Morgan fingerprint density at radius 1 is 1.13 bits per heavy atom. The van der Waals surface area contributed by atoms with Crippen molar-refractivity contribution < 1.29 is 21.2 Å². The van der Waals surface area contributed by atoms with Gasteiger partial charge in [0.15, 0.2) is 9.84 Å². The molecule has 2 rings (SSSR count). The zero-order valence-corrected chi connectivity index (χ0v) is 14.7. The van der Waals surface area contributed by atoms with Crippen molar-refractivity contribution in [3.63, 3.8) is 0 Å². The third-order valence-electron chi connectivity index (χ3n) is 3.25. The highest BCUT2D eigenvalue weighted by atomic mass is 32.2. The molecule has 23 heavy (non-hydrogen) atoms. The van der Waals surface area contributed by atoms with Crippen molar-refractivity contribution in [1.29, 1.82) is 0 Å². The number of sulfone groups is 1. The topological polar surface area (TPSA) is 80.3 Å². The Hall–Kier alpha value is -1.29. The van der Waals surface area contributed by atoms with E-state index in [0.717, 1.165) is 12.1 Å². The summed E-state index contributed by atoms with van der Waals surface area (Å²) in [5.74, 6) is -0.677. The van der Waals surface area contributed by atoms with Gasteiger partial charge in [-0.25, -0.2) is 25.9 Å². The van der Waals surface area contributed by atoms with Gasteiger partial charge in [-0.05, 0) is 42.6 Å². The standard InChI is InChI=1S/C14H16FNO4S3/c1-2-22(17,18)16-10-14(13-4-3-9-21-13)23(19,20)12-7-5-11(15)6-8-12/h3-9,14,16H,2,10H2,1H3/t14-/m1/s1. The first-order valence-corrected chi connectivity index (χ1v) is 10.8. The van der Waals surface area contributed by atoms with E-state index in [2.05, 4.69) is 4.72 Å². The van der Waals surface area contributed by atoms with E-state index in [1.807, 2.05) is 0 Å². The van der Waals surface area contributed by atoms with E-state index in [-0.39, 0.29) is 17.2 Å². The van der Waals surface area contributed by atoms with Crippen LogP contribution in [-0.2, 0) is 19.9 Å². The fraction of sp³-hybridized carbons (Fsp3) is 0.286. The molecule has 1 aromatic carbocycles. The Balaban J connectivity index is 2.39. The second-order valence-corrected chi connectivity index (χ2v) is 9.96. The van der Waals surface area contributed by atoms with E-state index in [4.69, 9.17) is 0 Å². The molecule has 0 aliphatic heterocycles. The van der Waals surface area contributed by atoms with E-state index in [0.29, 0.717) is 4.88 Å². The first-order chi connectivity index (χ1) is 10.8. The Morgan fingerprint density at radius 3 is 2.30 bits per heavy atom. The molecule has 0 spiro atoms. The quantitative estimate of drug-likeness (QED) is 0.751. The lowest BCUT2D eigenvalue weighted by atomic mass is 10.3. The zero-order valence-electron chi connectivity index (χ0n) is 12.3. The first kappa shape index (κ1) is 18.1. The van der Waals surface area contributed by atoms with Crippen molar-refractivity contribution in [3.05, 3.63) is 52.5 Å². The van der Waals surface area contributed by atoms with Crippen molar-refractivity contribution in [2.75, 3.05) is 12.3 Å². The molecular weight excluding hydrogens is 361 g/mol. The van der Waals surface area contributed by atoms with Crippen LogP contribution in [0.5, 0.6) is 0 Å². The predicted octanol–water partition coefficient (Wildman–Crippen LogP) is 2.34. The van der Waals surface area contributed by atoms with Crippen LogP contribution in [0.3, 0.4) is 0 Å². The monoisotopic (exact) mass is 377 g/mol. The molecule has 1 N–H and O–H groups in total. The smallest absolute Gasteiger partial charge is 0.211 e. The highest BCUT2D eigenvalue weighted by Crippen LogP contribution is 2.31. The van der Waals surface area contributed by atoms with Crippen molar-refractivity contribution in [2.45, 2.75) is 17.1 Å². The molecule has 0 aliphatic carbocycles. The molecule has 0 unspecified atom stereocenters. The van der Waals surface area contributed by atoms with Crippen LogP contribution in [0.2, 0.25) is 0 Å². The average molecular weight is 377 g/mol. The van der Waals surface area contributed by atoms with E-state index < -0.39 is 30.9 Å². The Morgan fingerprint density at radius 2 is 1.78 bits per heavy atom. The van der Waals surface area contributed by atoms with E-state index in [1.165, 1.54) is 30.4 Å². The highest BCUT2D eigenvalue weighted by molar-refractivity contribution is 7.92. The number of hydrogen-bond donors (Lipinski definition) is 1. The number of hydrogen-bond acceptors (Lipinski definition) is 5. The lowest BCUT2D eigenvalue weighted by molar-refractivity contribution is 0.570. The van der Waals surface area contributed by atoms with Gasteiger partial charge in [-0.3, -0.25) is 0 Å². The van der Waals surface area contributed by atoms with Gasteiger partial charge in [-0.15, -0.1) is 11.3 Å². The van der Waals surface area contributed by atoms with Gasteiger partial charge < -0.3 is 0 Å². The molecule has 0 saturated carbocycles. The average Bonchev–Trinajstić information content (AvgIpc) is 3.01. The molecule has 0 fully saturated rings. The van der Waals surface area contributed by atoms with Gasteiger partial charge in [-0.1, -0.05) is 6.07 Å². The van der Waals surface area contributed by atoms with Gasteiger partial charge in [0, 0.05) is 11.4 Å². The van der Waals surface area contributed by atoms with Crippen LogP contribution in [0.1, 0.15) is 17.1 Å². The van der Waals surface area contributed by atoms with Crippen LogP contribution < -0.4 is 4.72 Å². The molecule has 1 aromatic heterocycles. The van der Waals surface area contributed by atoms with Gasteiger partial charge in [0.05, 0.1) is 10.6 Å². The fourth-order valence-electron chi connectivity index (χ4n) is 1.93. The molecule has 2 aromatic rings. The fourth-order valence-corrected chi connectivity index (χ4v) is 5.45. The van der Waals surface area contributed by atoms with Crippen LogP contribution >= 0.6 is 11.3 Å². The van der Waals surface area contributed by atoms with E-state index >= 15 is 0 Å². The minimum atomic E-state index is -3.85. The van der Waals surface area contributed by atoms with Gasteiger partial charge in [0.1, 0.15) is 11.1 Å². The van der Waals surface area contributed by atoms with Crippen LogP contribution in [-0.4, -0.2) is 29.1 Å². The summed E-state index contributed by atoms with van der Waals surface area (Å²) < 4.78 is 64.2. The summed E-state index contributed by atoms with van der Waals surface area (Å²) in [6.45, 7) is 1.20. The Labute approximate surface area is 139 Å². The van der Waals surface area contributed by atoms with Crippen molar-refractivity contribution in [1.82, 2.24) is 4.72 Å². The molecule has 0 radical (unpaired) electrons. The minimum Gasteiger partial charge on any atom is -0.223 e. The molecule has 0 aliphatic rings. The number of sulfonamides is 1. The van der Waals surface area contributed by atoms with Gasteiger partial charge in [0.25, 0.3) is 0 Å². The third kappa shape index (κ3) is 4.37. The van der Waals surface area contributed by atoms with Gasteiger partial charge >= 0.3 is 0 Å². The number of thiophene rings is 1. The summed E-state index contributed by atoms with van der Waals surface area (Å²) in [4.78, 5) is 0.473. The normalized spacial score (nSPS) is 13.8. The largest absolute Gasteiger partial charge is 0.223 e. The molecule has 0 saturated heterocycles. The number of benzene rings is 1. The zero-order chi connectivity index (χ0) is 17.1. The van der Waals surface area contributed by atoms with Crippen LogP contribution in [0.25, 0.3) is 0 Å². The predicted molar refractivity (Wildman–Crippen MR) is 88.1 cm³/mol. The summed E-state index contributed by atoms with van der Waals surface area (Å²) in [5.41, 5.74) is 0. The van der Waals surface area contributed by atoms with Crippen LogP contribution in [0, 0.1) is 5.82 Å².